The van der Waals surface area contributed by atoms with Crippen LogP contribution in [-0.2, 0) is 0 Å². The van der Waals surface area contributed by atoms with Gasteiger partial charge in [-0.2, -0.15) is 0 Å². The van der Waals surface area contributed by atoms with E-state index in [4.69, 9.17) is 0 Å². The van der Waals surface area contributed by atoms with Crippen LogP contribution in [-0.4, -0.2) is 42.5 Å². The predicted molar refractivity (Wildman–Crippen MR) is 102 cm³/mol. The van der Waals surface area contributed by atoms with E-state index in [1.165, 1.54) is 77.0 Å². The fourth-order valence-electron chi connectivity index (χ4n) is 2.99. The smallest absolute Gasteiger partial charge is 0.127 e. The molecule has 1 aliphatic rings. The molecule has 0 amide bonds. The second-order valence-corrected chi connectivity index (χ2v) is 6.63. The minimum absolute atomic E-state index is 0.731. The van der Waals surface area contributed by atoms with Gasteiger partial charge in [0.1, 0.15) is 19.3 Å². The van der Waals surface area contributed by atoms with Gasteiger partial charge in [-0.25, -0.2) is 10.0 Å². The van der Waals surface area contributed by atoms with Crippen molar-refractivity contribution in [1.82, 2.24) is 10.0 Å². The first-order valence-electron chi connectivity index (χ1n) is 9.91. The zero-order valence-electron chi connectivity index (χ0n) is 15.6. The first kappa shape index (κ1) is 20.1. The molecule has 4 heteroatoms. The van der Waals surface area contributed by atoms with Crippen LogP contribution < -0.4 is 0 Å². The molecule has 4 nitrogen and oxygen atoms in total. The highest BCUT2D eigenvalue weighted by Crippen LogP contribution is 2.10. The van der Waals surface area contributed by atoms with Crippen LogP contribution in [0.25, 0.3) is 0 Å². The summed E-state index contributed by atoms with van der Waals surface area (Å²) < 4.78 is 0. The molecule has 0 fully saturated rings. The number of hydrogen-bond donors (Lipinski definition) is 0. The molecule has 134 valence electrons. The van der Waals surface area contributed by atoms with Gasteiger partial charge in [-0.1, -0.05) is 78.1 Å². The van der Waals surface area contributed by atoms with Crippen LogP contribution in [0.4, 0.5) is 0 Å². The lowest BCUT2D eigenvalue weighted by Gasteiger charge is -2.33. The van der Waals surface area contributed by atoms with E-state index in [1.807, 2.05) is 6.34 Å². The highest BCUT2D eigenvalue weighted by Gasteiger charge is 2.12. The number of hydrogen-bond acceptors (Lipinski definition) is 4. The molecule has 0 atom stereocenters. The second-order valence-electron chi connectivity index (χ2n) is 6.63. The lowest BCUT2D eigenvalue weighted by Crippen LogP contribution is -2.44. The van der Waals surface area contributed by atoms with Gasteiger partial charge in [-0.05, 0) is 12.8 Å². The summed E-state index contributed by atoms with van der Waals surface area (Å²) in [6, 6.07) is 0. The SMILES string of the molecule is CCCCCCCCN(CCCCCCCC)N1C=NC=NC1. The maximum atomic E-state index is 4.28. The summed E-state index contributed by atoms with van der Waals surface area (Å²) in [7, 11) is 0. The van der Waals surface area contributed by atoms with Gasteiger partial charge >= 0.3 is 0 Å². The summed E-state index contributed by atoms with van der Waals surface area (Å²) in [5, 5.41) is 4.65. The monoisotopic (exact) mass is 322 g/mol. The van der Waals surface area contributed by atoms with Gasteiger partial charge in [0.15, 0.2) is 0 Å². The molecule has 1 aliphatic heterocycles. The topological polar surface area (TPSA) is 31.2 Å². The molecule has 0 unspecified atom stereocenters. The van der Waals surface area contributed by atoms with Crippen molar-refractivity contribution in [2.24, 2.45) is 9.98 Å². The molecule has 0 saturated heterocycles. The number of hydrazine groups is 1. The van der Waals surface area contributed by atoms with E-state index < -0.39 is 0 Å². The summed E-state index contributed by atoms with van der Waals surface area (Å²) in [6.07, 6.45) is 19.8. The molecule has 0 N–H and O–H groups in total. The molecular formula is C19H38N4. The Morgan fingerprint density at radius 3 is 1.78 bits per heavy atom. The van der Waals surface area contributed by atoms with Crippen molar-refractivity contribution >= 4 is 12.7 Å². The number of unbranched alkanes of at least 4 members (excludes halogenated alkanes) is 10. The van der Waals surface area contributed by atoms with Crippen LogP contribution in [0.15, 0.2) is 9.98 Å². The number of aliphatic imine (C=N–C) groups is 2. The average Bonchev–Trinajstić information content (AvgIpc) is 2.60. The largest absolute Gasteiger partial charge is 0.274 e. The fraction of sp³-hybridized carbons (Fsp3) is 0.895. The van der Waals surface area contributed by atoms with Crippen molar-refractivity contribution in [1.29, 1.82) is 0 Å². The van der Waals surface area contributed by atoms with Crippen LogP contribution in [0, 0.1) is 0 Å². The molecule has 1 rings (SSSR count). The molecule has 0 aromatic heterocycles. The van der Waals surface area contributed by atoms with Crippen molar-refractivity contribution in [3.63, 3.8) is 0 Å². The molecule has 0 aliphatic carbocycles. The third kappa shape index (κ3) is 10.5. The third-order valence-electron chi connectivity index (χ3n) is 4.48. The normalized spacial score (nSPS) is 14.1. The van der Waals surface area contributed by atoms with Crippen molar-refractivity contribution in [3.05, 3.63) is 0 Å². The van der Waals surface area contributed by atoms with Gasteiger partial charge in [0.25, 0.3) is 0 Å². The quantitative estimate of drug-likeness (QED) is 0.385. The maximum absolute atomic E-state index is 4.28. The van der Waals surface area contributed by atoms with Crippen molar-refractivity contribution in [3.8, 4) is 0 Å². The van der Waals surface area contributed by atoms with Crippen LogP contribution >= 0.6 is 0 Å². The summed E-state index contributed by atoms with van der Waals surface area (Å²) in [5.74, 6) is 0. The van der Waals surface area contributed by atoms with E-state index in [2.05, 4.69) is 33.9 Å². The lowest BCUT2D eigenvalue weighted by molar-refractivity contribution is 0.0474. The molecule has 0 aromatic carbocycles. The van der Waals surface area contributed by atoms with E-state index in [0.717, 1.165) is 19.8 Å². The minimum Gasteiger partial charge on any atom is -0.274 e. The van der Waals surface area contributed by atoms with E-state index in [0.29, 0.717) is 0 Å². The second kappa shape index (κ2) is 14.7. The maximum Gasteiger partial charge on any atom is 0.127 e. The van der Waals surface area contributed by atoms with Crippen molar-refractivity contribution < 1.29 is 0 Å². The van der Waals surface area contributed by atoms with Gasteiger partial charge in [0, 0.05) is 13.1 Å². The molecule has 0 saturated carbocycles. The summed E-state index contributed by atoms with van der Waals surface area (Å²) in [6.45, 7) is 7.57. The van der Waals surface area contributed by atoms with Crippen molar-refractivity contribution in [2.45, 2.75) is 90.9 Å². The fourth-order valence-corrected chi connectivity index (χ4v) is 2.99. The molecule has 23 heavy (non-hydrogen) atoms. The standard InChI is InChI=1S/C19H38N4/c1-3-5-7-9-11-13-15-22(23-18-20-17-21-19-23)16-14-12-10-8-6-4-2/h17-18H,3-16,19H2,1-2H3. The van der Waals surface area contributed by atoms with Gasteiger partial charge in [0.2, 0.25) is 0 Å². The molecule has 0 spiro atoms. The van der Waals surface area contributed by atoms with Gasteiger partial charge in [0.05, 0.1) is 0 Å². The summed E-state index contributed by atoms with van der Waals surface area (Å²) in [5.41, 5.74) is 0. The lowest BCUT2D eigenvalue weighted by atomic mass is 10.1. The van der Waals surface area contributed by atoms with E-state index >= 15 is 0 Å². The van der Waals surface area contributed by atoms with Crippen LogP contribution in [0.5, 0.6) is 0 Å². The third-order valence-corrected chi connectivity index (χ3v) is 4.48. The summed E-state index contributed by atoms with van der Waals surface area (Å²) >= 11 is 0. The first-order chi connectivity index (χ1) is 11.4. The highest BCUT2D eigenvalue weighted by molar-refractivity contribution is 5.72. The zero-order valence-corrected chi connectivity index (χ0v) is 15.6. The average molecular weight is 323 g/mol. The van der Waals surface area contributed by atoms with Crippen molar-refractivity contribution in [2.75, 3.05) is 19.8 Å². The van der Waals surface area contributed by atoms with E-state index in [-0.39, 0.29) is 0 Å². The Bertz CT molecular complexity index is 298. The first-order valence-corrected chi connectivity index (χ1v) is 9.91. The van der Waals surface area contributed by atoms with E-state index in [1.54, 1.807) is 6.34 Å². The number of rotatable bonds is 15. The van der Waals surface area contributed by atoms with Gasteiger partial charge in [-0.3, -0.25) is 10.0 Å². The Morgan fingerprint density at radius 1 is 0.783 bits per heavy atom. The minimum atomic E-state index is 0.731. The molecule has 1 heterocycles. The Kier molecular flexibility index (Phi) is 12.9. The number of nitrogens with zero attached hydrogens (tertiary/aromatic N) is 4. The Hall–Kier alpha value is -0.900. The van der Waals surface area contributed by atoms with Crippen LogP contribution in [0.1, 0.15) is 90.9 Å². The highest BCUT2D eigenvalue weighted by atomic mass is 15.6. The Labute approximate surface area is 144 Å². The van der Waals surface area contributed by atoms with Crippen LogP contribution in [0.2, 0.25) is 0 Å². The van der Waals surface area contributed by atoms with Crippen LogP contribution in [0.3, 0.4) is 0 Å². The van der Waals surface area contributed by atoms with E-state index in [9.17, 15) is 0 Å². The predicted octanol–water partition coefficient (Wildman–Crippen LogP) is 5.25. The molecule has 0 radical (unpaired) electrons. The molecular weight excluding hydrogens is 284 g/mol. The zero-order chi connectivity index (χ0) is 16.6. The molecule has 0 aromatic rings. The Morgan fingerprint density at radius 2 is 1.30 bits per heavy atom. The molecule has 0 bridgehead atoms. The Balaban J connectivity index is 2.20. The van der Waals surface area contributed by atoms with Gasteiger partial charge in [-0.15, -0.1) is 0 Å². The van der Waals surface area contributed by atoms with Gasteiger partial charge < -0.3 is 0 Å². The summed E-state index contributed by atoms with van der Waals surface area (Å²) in [4.78, 5) is 8.46.